The van der Waals surface area contributed by atoms with Crippen LogP contribution in [0.3, 0.4) is 0 Å². The number of hydrogen-bond donors (Lipinski definition) is 3. The molecule has 3 N–H and O–H groups in total. The van der Waals surface area contributed by atoms with Crippen molar-refractivity contribution in [2.75, 3.05) is 6.54 Å². The van der Waals surface area contributed by atoms with Gasteiger partial charge in [0.25, 0.3) is 11.8 Å². The highest BCUT2D eigenvalue weighted by atomic mass is 16.4. The number of fused-ring (bicyclic) bond motifs is 1. The van der Waals surface area contributed by atoms with Crippen LogP contribution >= 0.6 is 0 Å². The fourth-order valence-corrected chi connectivity index (χ4v) is 3.93. The molecule has 4 amide bonds. The third-order valence-corrected chi connectivity index (χ3v) is 5.64. The highest BCUT2D eigenvalue weighted by Gasteiger charge is 2.39. The zero-order chi connectivity index (χ0) is 22.4. The number of carboxylic acid groups (broad SMARTS) is 1. The first-order chi connectivity index (χ1) is 14.9. The van der Waals surface area contributed by atoms with E-state index in [4.69, 9.17) is 5.11 Å². The number of carbonyl (C=O) groups is 5. The maximum Gasteiger partial charge on any atom is 0.303 e. The minimum atomic E-state index is -0.777. The van der Waals surface area contributed by atoms with Gasteiger partial charge in [0.05, 0.1) is 0 Å². The van der Waals surface area contributed by atoms with Gasteiger partial charge in [0.2, 0.25) is 11.8 Å². The molecule has 1 atom stereocenters. The van der Waals surface area contributed by atoms with E-state index in [9.17, 15) is 24.0 Å². The Hall–Kier alpha value is -3.23. The normalized spacial score (nSPS) is 18.0. The summed E-state index contributed by atoms with van der Waals surface area (Å²) in [4.78, 5) is 60.6. The third kappa shape index (κ3) is 5.68. The number of rotatable bonds is 10. The predicted octanol–water partition coefficient (Wildman–Crippen LogP) is 1.60. The molecule has 31 heavy (non-hydrogen) atoms. The summed E-state index contributed by atoms with van der Waals surface area (Å²) in [6.07, 6.45) is 4.84. The Morgan fingerprint density at radius 1 is 1.10 bits per heavy atom. The van der Waals surface area contributed by atoms with Gasteiger partial charge >= 0.3 is 5.97 Å². The van der Waals surface area contributed by atoms with Crippen LogP contribution in [-0.4, -0.2) is 52.2 Å². The Morgan fingerprint density at radius 3 is 2.58 bits per heavy atom. The Kier molecular flexibility index (Phi) is 7.38. The molecule has 0 spiro atoms. The lowest BCUT2D eigenvalue weighted by Gasteiger charge is -2.29. The van der Waals surface area contributed by atoms with Crippen molar-refractivity contribution in [3.8, 4) is 0 Å². The molecule has 1 aromatic rings. The SMILES string of the molecule is O=C(O)CCCCCCCNC(=O)c1ccc2c(c1)C(=O)N(C1CCC(=O)NC1=O)C2. The number of carbonyl (C=O) groups excluding carboxylic acids is 4. The van der Waals surface area contributed by atoms with E-state index in [1.807, 2.05) is 0 Å². The quantitative estimate of drug-likeness (QED) is 0.382. The summed E-state index contributed by atoms with van der Waals surface area (Å²) in [6.45, 7) is 0.787. The Balaban J connectivity index is 1.48. The van der Waals surface area contributed by atoms with Crippen molar-refractivity contribution in [2.45, 2.75) is 64.0 Å². The number of amides is 4. The minimum absolute atomic E-state index is 0.189. The van der Waals surface area contributed by atoms with E-state index in [0.717, 1.165) is 31.2 Å². The molecule has 0 radical (unpaired) electrons. The molecule has 0 aromatic heterocycles. The summed E-state index contributed by atoms with van der Waals surface area (Å²) in [6, 6.07) is 4.29. The van der Waals surface area contributed by atoms with Crippen LogP contribution in [0.2, 0.25) is 0 Å². The smallest absolute Gasteiger partial charge is 0.303 e. The summed E-state index contributed by atoms with van der Waals surface area (Å²) >= 11 is 0. The van der Waals surface area contributed by atoms with Gasteiger partial charge < -0.3 is 15.3 Å². The van der Waals surface area contributed by atoms with Gasteiger partial charge in [-0.05, 0) is 37.0 Å². The molecule has 166 valence electrons. The van der Waals surface area contributed by atoms with Crippen molar-refractivity contribution in [3.05, 3.63) is 34.9 Å². The van der Waals surface area contributed by atoms with Crippen LogP contribution in [0, 0.1) is 0 Å². The number of nitrogens with zero attached hydrogens (tertiary/aromatic N) is 1. The monoisotopic (exact) mass is 429 g/mol. The Labute approximate surface area is 180 Å². The van der Waals surface area contributed by atoms with E-state index in [1.54, 1.807) is 18.2 Å². The van der Waals surface area contributed by atoms with E-state index in [2.05, 4.69) is 10.6 Å². The van der Waals surface area contributed by atoms with Crippen LogP contribution in [0.15, 0.2) is 18.2 Å². The molecule has 1 aromatic carbocycles. The molecular weight excluding hydrogens is 402 g/mol. The zero-order valence-electron chi connectivity index (χ0n) is 17.3. The summed E-state index contributed by atoms with van der Waals surface area (Å²) in [7, 11) is 0. The van der Waals surface area contributed by atoms with Gasteiger partial charge in [-0.25, -0.2) is 0 Å². The molecule has 2 heterocycles. The molecule has 2 aliphatic heterocycles. The van der Waals surface area contributed by atoms with Gasteiger partial charge in [-0.3, -0.25) is 29.3 Å². The number of imide groups is 1. The number of carboxylic acids is 1. The maximum absolute atomic E-state index is 12.8. The molecule has 0 aliphatic carbocycles. The van der Waals surface area contributed by atoms with Crippen molar-refractivity contribution >= 4 is 29.6 Å². The topological polar surface area (TPSA) is 133 Å². The molecule has 1 saturated heterocycles. The van der Waals surface area contributed by atoms with Crippen molar-refractivity contribution < 1.29 is 29.1 Å². The number of hydrogen-bond acceptors (Lipinski definition) is 5. The van der Waals surface area contributed by atoms with Gasteiger partial charge in [-0.15, -0.1) is 0 Å². The van der Waals surface area contributed by atoms with Crippen LogP contribution < -0.4 is 10.6 Å². The molecule has 9 heteroatoms. The van der Waals surface area contributed by atoms with E-state index in [0.29, 0.717) is 30.5 Å². The highest BCUT2D eigenvalue weighted by Crippen LogP contribution is 2.28. The average Bonchev–Trinajstić information content (AvgIpc) is 3.05. The van der Waals surface area contributed by atoms with Crippen LogP contribution in [0.5, 0.6) is 0 Å². The van der Waals surface area contributed by atoms with Crippen molar-refractivity contribution in [1.82, 2.24) is 15.5 Å². The first kappa shape index (κ1) is 22.5. The number of piperidine rings is 1. The Bertz CT molecular complexity index is 897. The number of nitrogens with one attached hydrogen (secondary N) is 2. The molecule has 2 aliphatic rings. The first-order valence-electron chi connectivity index (χ1n) is 10.6. The standard InChI is InChI=1S/C22H27N3O6/c26-18-10-9-17(21(30)24-18)25-13-15-8-7-14(12-16(15)22(25)31)20(29)23-11-5-3-1-2-4-6-19(27)28/h7-8,12,17H,1-6,9-11,13H2,(H,23,29)(H,27,28)(H,24,26,30). The lowest BCUT2D eigenvalue weighted by Crippen LogP contribution is -2.52. The highest BCUT2D eigenvalue weighted by molar-refractivity contribution is 6.06. The second kappa shape index (κ2) is 10.2. The maximum atomic E-state index is 12.8. The molecule has 3 rings (SSSR count). The predicted molar refractivity (Wildman–Crippen MR) is 110 cm³/mol. The molecular formula is C22H27N3O6. The molecule has 1 unspecified atom stereocenters. The van der Waals surface area contributed by atoms with Gasteiger partial charge in [0, 0.05) is 37.1 Å². The van der Waals surface area contributed by atoms with Crippen LogP contribution in [0.1, 0.15) is 77.6 Å². The van der Waals surface area contributed by atoms with Crippen LogP contribution in [0.25, 0.3) is 0 Å². The third-order valence-electron chi connectivity index (χ3n) is 5.64. The minimum Gasteiger partial charge on any atom is -0.481 e. The summed E-state index contributed by atoms with van der Waals surface area (Å²) < 4.78 is 0. The van der Waals surface area contributed by atoms with Gasteiger partial charge in [-0.2, -0.15) is 0 Å². The number of unbranched alkanes of at least 4 members (excludes halogenated alkanes) is 4. The summed E-state index contributed by atoms with van der Waals surface area (Å²) in [5, 5.41) is 13.7. The zero-order valence-corrected chi connectivity index (χ0v) is 17.3. The molecule has 1 fully saturated rings. The van der Waals surface area contributed by atoms with Crippen molar-refractivity contribution in [1.29, 1.82) is 0 Å². The fraction of sp³-hybridized carbons (Fsp3) is 0.500. The van der Waals surface area contributed by atoms with E-state index >= 15 is 0 Å². The summed E-state index contributed by atoms with van der Waals surface area (Å²) in [5.41, 5.74) is 1.56. The number of benzene rings is 1. The second-order valence-corrected chi connectivity index (χ2v) is 7.94. The van der Waals surface area contributed by atoms with Gasteiger partial charge in [-0.1, -0.05) is 25.3 Å². The molecule has 0 saturated carbocycles. The second-order valence-electron chi connectivity index (χ2n) is 7.94. The lowest BCUT2D eigenvalue weighted by molar-refractivity contribution is -0.138. The molecule has 0 bridgehead atoms. The van der Waals surface area contributed by atoms with Gasteiger partial charge in [0.1, 0.15) is 6.04 Å². The van der Waals surface area contributed by atoms with E-state index < -0.39 is 17.9 Å². The Morgan fingerprint density at radius 2 is 1.84 bits per heavy atom. The molecule has 9 nitrogen and oxygen atoms in total. The van der Waals surface area contributed by atoms with Crippen molar-refractivity contribution in [3.63, 3.8) is 0 Å². The van der Waals surface area contributed by atoms with Crippen LogP contribution in [0.4, 0.5) is 0 Å². The van der Waals surface area contributed by atoms with Gasteiger partial charge in [0.15, 0.2) is 0 Å². The summed E-state index contributed by atoms with van der Waals surface area (Å²) in [5.74, 6) is -2.13. The first-order valence-corrected chi connectivity index (χ1v) is 10.6. The van der Waals surface area contributed by atoms with E-state index in [-0.39, 0.29) is 37.1 Å². The number of aliphatic carboxylic acids is 1. The fourth-order valence-electron chi connectivity index (χ4n) is 3.93. The van der Waals surface area contributed by atoms with E-state index in [1.165, 1.54) is 4.90 Å². The lowest BCUT2D eigenvalue weighted by atomic mass is 10.0. The van der Waals surface area contributed by atoms with Crippen LogP contribution in [-0.2, 0) is 20.9 Å². The largest absolute Gasteiger partial charge is 0.481 e. The average molecular weight is 429 g/mol. The van der Waals surface area contributed by atoms with Crippen molar-refractivity contribution in [2.24, 2.45) is 0 Å².